The summed E-state index contributed by atoms with van der Waals surface area (Å²) in [5.74, 6) is 3.10. The molecule has 1 N–H and O–H groups in total. The number of rotatable bonds is 12. The van der Waals surface area contributed by atoms with Crippen LogP contribution in [0.3, 0.4) is 0 Å². The Morgan fingerprint density at radius 2 is 1.82 bits per heavy atom. The average Bonchev–Trinajstić information content (AvgIpc) is 3.45. The highest BCUT2D eigenvalue weighted by molar-refractivity contribution is 7.98. The fourth-order valence-corrected chi connectivity index (χ4v) is 5.47. The number of benzene rings is 2. The van der Waals surface area contributed by atoms with E-state index in [1.807, 2.05) is 36.4 Å². The Balaban J connectivity index is 1.19. The number of nitrogens with zero attached hydrogens (tertiary/aromatic N) is 4. The predicted molar refractivity (Wildman–Crippen MR) is 153 cm³/mol. The van der Waals surface area contributed by atoms with E-state index in [4.69, 9.17) is 28.9 Å². The van der Waals surface area contributed by atoms with Crippen LogP contribution in [0.25, 0.3) is 0 Å². The molecule has 212 valence electrons. The Labute approximate surface area is 239 Å². The van der Waals surface area contributed by atoms with Crippen molar-refractivity contribution in [3.63, 3.8) is 0 Å². The molecular formula is C29H35N5O5S. The molecular weight excluding hydrogens is 530 g/mol. The Morgan fingerprint density at radius 1 is 0.975 bits per heavy atom. The van der Waals surface area contributed by atoms with Gasteiger partial charge in [-0.15, -0.1) is 0 Å². The van der Waals surface area contributed by atoms with Crippen molar-refractivity contribution in [2.45, 2.75) is 24.1 Å². The largest absolute Gasteiger partial charge is 0.454 e. The average molecular weight is 566 g/mol. The molecule has 5 rings (SSSR count). The summed E-state index contributed by atoms with van der Waals surface area (Å²) < 4.78 is 21.4. The number of fused-ring (bicyclic) bond motifs is 1. The third-order valence-electron chi connectivity index (χ3n) is 6.73. The first-order valence-corrected chi connectivity index (χ1v) is 14.3. The lowest BCUT2D eigenvalue weighted by atomic mass is 10.1. The normalized spacial score (nSPS) is 14.9. The first kappa shape index (κ1) is 28.2. The van der Waals surface area contributed by atoms with Gasteiger partial charge in [0.15, 0.2) is 16.7 Å². The number of hydrogen-bond donors (Lipinski definition) is 1. The number of nitrogens with one attached hydrogen (secondary N) is 1. The minimum Gasteiger partial charge on any atom is -0.454 e. The number of anilines is 1. The van der Waals surface area contributed by atoms with Crippen molar-refractivity contribution in [3.05, 3.63) is 70.9 Å². The molecule has 0 spiro atoms. The molecule has 2 aromatic carbocycles. The maximum Gasteiger partial charge on any atom is 0.251 e. The molecule has 0 radical (unpaired) electrons. The van der Waals surface area contributed by atoms with Gasteiger partial charge in [0.2, 0.25) is 6.79 Å². The summed E-state index contributed by atoms with van der Waals surface area (Å²) in [7, 11) is 3.29. The Morgan fingerprint density at radius 3 is 2.65 bits per heavy atom. The quantitative estimate of drug-likeness (QED) is 0.200. The highest BCUT2D eigenvalue weighted by Gasteiger charge is 2.21. The van der Waals surface area contributed by atoms with Crippen LogP contribution >= 0.6 is 11.8 Å². The number of carbonyl (C=O) groups excluding carboxylic acids is 1. The highest BCUT2D eigenvalue weighted by Crippen LogP contribution is 2.33. The van der Waals surface area contributed by atoms with E-state index in [0.29, 0.717) is 43.0 Å². The number of hydrogen-bond acceptors (Lipinski definition) is 10. The van der Waals surface area contributed by atoms with Crippen molar-refractivity contribution in [1.82, 2.24) is 20.2 Å². The third kappa shape index (κ3) is 7.42. The molecule has 1 fully saturated rings. The second-order valence-electron chi connectivity index (χ2n) is 9.62. The van der Waals surface area contributed by atoms with Gasteiger partial charge in [0.05, 0.1) is 18.9 Å². The summed E-state index contributed by atoms with van der Waals surface area (Å²) in [6.07, 6.45) is 0. The van der Waals surface area contributed by atoms with Crippen LogP contribution in [0.4, 0.5) is 5.82 Å². The Hall–Kier alpha value is -3.38. The molecule has 0 atom stereocenters. The summed E-state index contributed by atoms with van der Waals surface area (Å²) in [6.45, 7) is 6.15. The molecule has 0 bridgehead atoms. The number of piperazine rings is 1. The van der Waals surface area contributed by atoms with Crippen LogP contribution in [0.5, 0.6) is 11.5 Å². The van der Waals surface area contributed by atoms with Gasteiger partial charge in [0.1, 0.15) is 5.82 Å². The number of ether oxygens (including phenoxy) is 4. The monoisotopic (exact) mass is 565 g/mol. The molecule has 10 nitrogen and oxygen atoms in total. The maximum atomic E-state index is 12.4. The van der Waals surface area contributed by atoms with Crippen LogP contribution in [0.1, 0.15) is 27.2 Å². The molecule has 11 heteroatoms. The molecule has 2 aliphatic heterocycles. The van der Waals surface area contributed by atoms with Crippen molar-refractivity contribution < 1.29 is 23.7 Å². The van der Waals surface area contributed by atoms with E-state index in [-0.39, 0.29) is 5.91 Å². The van der Waals surface area contributed by atoms with Crippen LogP contribution in [-0.2, 0) is 28.4 Å². The summed E-state index contributed by atoms with van der Waals surface area (Å²) >= 11 is 1.56. The maximum absolute atomic E-state index is 12.4. The smallest absolute Gasteiger partial charge is 0.251 e. The lowest BCUT2D eigenvalue weighted by Crippen LogP contribution is -2.46. The van der Waals surface area contributed by atoms with Gasteiger partial charge in [-0.1, -0.05) is 30.0 Å². The van der Waals surface area contributed by atoms with Gasteiger partial charge < -0.3 is 29.2 Å². The molecule has 0 unspecified atom stereocenters. The van der Waals surface area contributed by atoms with Crippen LogP contribution in [0.15, 0.2) is 53.7 Å². The number of thioether (sulfide) groups is 1. The SMILES string of the molecule is COCCNC(=O)c1cccc(CSc2nc(COC)cc(N3CCN(Cc4ccc5c(c4)OCO5)CC3)n2)c1. The minimum absolute atomic E-state index is 0.109. The van der Waals surface area contributed by atoms with E-state index in [1.54, 1.807) is 26.0 Å². The number of carbonyl (C=O) groups is 1. The standard InChI is InChI=1S/C29H35N5O5S/c1-36-13-8-30-28(35)23-5-3-4-22(14-23)19-40-29-31-24(18-37-2)16-27(32-29)34-11-9-33(10-12-34)17-21-6-7-25-26(15-21)39-20-38-25/h3-7,14-16H,8-13,17-20H2,1-2H3,(H,30,35). The number of aromatic nitrogens is 2. The molecule has 40 heavy (non-hydrogen) atoms. The zero-order valence-electron chi connectivity index (χ0n) is 22.9. The third-order valence-corrected chi connectivity index (χ3v) is 7.64. The molecule has 1 aromatic heterocycles. The van der Waals surface area contributed by atoms with Crippen molar-refractivity contribution in [1.29, 1.82) is 0 Å². The van der Waals surface area contributed by atoms with Gasteiger partial charge in [-0.3, -0.25) is 9.69 Å². The zero-order valence-corrected chi connectivity index (χ0v) is 23.7. The van der Waals surface area contributed by atoms with Crippen LogP contribution < -0.4 is 19.7 Å². The van der Waals surface area contributed by atoms with Gasteiger partial charge in [0, 0.05) is 70.9 Å². The fourth-order valence-electron chi connectivity index (χ4n) is 4.66. The second-order valence-corrected chi connectivity index (χ2v) is 10.6. The van der Waals surface area contributed by atoms with Crippen molar-refractivity contribution in [2.24, 2.45) is 0 Å². The van der Waals surface area contributed by atoms with Gasteiger partial charge in [-0.05, 0) is 35.4 Å². The number of methoxy groups -OCH3 is 2. The Kier molecular flexibility index (Phi) is 9.72. The molecule has 2 aliphatic rings. The lowest BCUT2D eigenvalue weighted by Gasteiger charge is -2.35. The van der Waals surface area contributed by atoms with E-state index in [9.17, 15) is 4.79 Å². The summed E-state index contributed by atoms with van der Waals surface area (Å²) in [6, 6.07) is 15.8. The van der Waals surface area contributed by atoms with Gasteiger partial charge in [-0.25, -0.2) is 9.97 Å². The van der Waals surface area contributed by atoms with Gasteiger partial charge >= 0.3 is 0 Å². The lowest BCUT2D eigenvalue weighted by molar-refractivity contribution is 0.0937. The summed E-state index contributed by atoms with van der Waals surface area (Å²) in [5, 5.41) is 3.56. The number of amides is 1. The predicted octanol–water partition coefficient (Wildman–Crippen LogP) is 3.34. The molecule has 3 aromatic rings. The molecule has 1 amide bonds. The van der Waals surface area contributed by atoms with Crippen LogP contribution in [0.2, 0.25) is 0 Å². The van der Waals surface area contributed by atoms with Crippen molar-refractivity contribution in [3.8, 4) is 11.5 Å². The van der Waals surface area contributed by atoms with E-state index < -0.39 is 0 Å². The van der Waals surface area contributed by atoms with Crippen molar-refractivity contribution in [2.75, 3.05) is 65.2 Å². The van der Waals surface area contributed by atoms with Crippen LogP contribution in [-0.4, -0.2) is 81.1 Å². The van der Waals surface area contributed by atoms with Gasteiger partial charge in [-0.2, -0.15) is 0 Å². The van der Waals surface area contributed by atoms with Gasteiger partial charge in [0.25, 0.3) is 5.91 Å². The highest BCUT2D eigenvalue weighted by atomic mass is 32.2. The molecule has 0 aliphatic carbocycles. The van der Waals surface area contributed by atoms with E-state index in [0.717, 1.165) is 61.3 Å². The second kappa shape index (κ2) is 13.8. The summed E-state index contributed by atoms with van der Waals surface area (Å²) in [4.78, 5) is 26.8. The zero-order chi connectivity index (χ0) is 27.7. The minimum atomic E-state index is -0.109. The molecule has 0 saturated carbocycles. The molecule has 1 saturated heterocycles. The summed E-state index contributed by atoms with van der Waals surface area (Å²) in [5.41, 5.74) is 3.73. The first-order valence-electron chi connectivity index (χ1n) is 13.3. The van der Waals surface area contributed by atoms with E-state index in [2.05, 4.69) is 27.2 Å². The van der Waals surface area contributed by atoms with E-state index in [1.165, 1.54) is 5.56 Å². The van der Waals surface area contributed by atoms with Crippen LogP contribution in [0, 0.1) is 0 Å². The topological polar surface area (TPSA) is 98.3 Å². The van der Waals surface area contributed by atoms with E-state index >= 15 is 0 Å². The first-order chi connectivity index (χ1) is 19.6. The van der Waals surface area contributed by atoms with Crippen molar-refractivity contribution >= 4 is 23.5 Å². The molecule has 3 heterocycles. The Bertz CT molecular complexity index is 1300. The fraction of sp³-hybridized carbons (Fsp3) is 0.414.